The molecule has 1 rings (SSSR count). The Balaban J connectivity index is 2.86. The van der Waals surface area contributed by atoms with Gasteiger partial charge in [0.05, 0.1) is 0 Å². The molecule has 0 aromatic heterocycles. The van der Waals surface area contributed by atoms with Crippen molar-refractivity contribution >= 4 is 27.8 Å². The number of aromatic carboxylic acids is 1. The molecule has 5 nitrogen and oxygen atoms in total. The summed E-state index contributed by atoms with van der Waals surface area (Å²) in [5.41, 5.74) is 0.0276. The van der Waals surface area contributed by atoms with Crippen molar-refractivity contribution in [3.05, 3.63) is 28.2 Å². The second-order valence-corrected chi connectivity index (χ2v) is 4.44. The van der Waals surface area contributed by atoms with E-state index in [1.165, 1.54) is 17.0 Å². The lowest BCUT2D eigenvalue weighted by molar-refractivity contribution is -0.130. The number of carboxylic acid groups (broad SMARTS) is 1. The van der Waals surface area contributed by atoms with Crippen molar-refractivity contribution in [2.24, 2.45) is 0 Å². The van der Waals surface area contributed by atoms with E-state index in [1.807, 2.05) is 0 Å². The number of nitrogens with zero attached hydrogens (tertiary/aromatic N) is 1. The molecule has 17 heavy (non-hydrogen) atoms. The first kappa shape index (κ1) is 13.5. The van der Waals surface area contributed by atoms with Gasteiger partial charge in [0.1, 0.15) is 11.3 Å². The Morgan fingerprint density at radius 1 is 1.41 bits per heavy atom. The zero-order valence-electron chi connectivity index (χ0n) is 9.44. The molecule has 1 aromatic carbocycles. The predicted molar refractivity (Wildman–Crippen MR) is 65.3 cm³/mol. The van der Waals surface area contributed by atoms with Crippen LogP contribution in [0.4, 0.5) is 0 Å². The molecule has 0 fully saturated rings. The van der Waals surface area contributed by atoms with Crippen molar-refractivity contribution in [3.8, 4) is 5.75 Å². The fraction of sp³-hybridized carbons (Fsp3) is 0.273. The third-order valence-electron chi connectivity index (χ3n) is 2.02. The maximum atomic E-state index is 11.3. The summed E-state index contributed by atoms with van der Waals surface area (Å²) in [6, 6.07) is 4.54. The topological polar surface area (TPSA) is 66.8 Å². The van der Waals surface area contributed by atoms with Crippen molar-refractivity contribution < 1.29 is 19.4 Å². The third-order valence-corrected chi connectivity index (χ3v) is 2.52. The summed E-state index contributed by atoms with van der Waals surface area (Å²) in [6.07, 6.45) is 0. The largest absolute Gasteiger partial charge is 0.483 e. The number of likely N-dealkylation sites (N-methyl/N-ethyl adjacent to an activating group) is 1. The van der Waals surface area contributed by atoms with Gasteiger partial charge in [-0.15, -0.1) is 0 Å². The molecule has 0 atom stereocenters. The van der Waals surface area contributed by atoms with E-state index in [2.05, 4.69) is 15.9 Å². The summed E-state index contributed by atoms with van der Waals surface area (Å²) in [5.74, 6) is -1.16. The molecule has 0 saturated heterocycles. The van der Waals surface area contributed by atoms with Gasteiger partial charge in [0.2, 0.25) is 0 Å². The first-order chi connectivity index (χ1) is 7.91. The molecule has 0 unspecified atom stereocenters. The Morgan fingerprint density at radius 3 is 2.59 bits per heavy atom. The average molecular weight is 302 g/mol. The van der Waals surface area contributed by atoms with Gasteiger partial charge in [0.25, 0.3) is 5.91 Å². The van der Waals surface area contributed by atoms with Crippen LogP contribution in [-0.2, 0) is 4.79 Å². The number of rotatable bonds is 4. The SMILES string of the molecule is CN(C)C(=O)COc1cc(Br)ccc1C(=O)O. The maximum Gasteiger partial charge on any atom is 0.339 e. The van der Waals surface area contributed by atoms with Crippen molar-refractivity contribution in [2.45, 2.75) is 0 Å². The number of carboxylic acids is 1. The van der Waals surface area contributed by atoms with Gasteiger partial charge in [-0.25, -0.2) is 4.79 Å². The molecule has 0 aliphatic carbocycles. The van der Waals surface area contributed by atoms with Crippen LogP contribution in [0.15, 0.2) is 22.7 Å². The van der Waals surface area contributed by atoms with E-state index in [1.54, 1.807) is 20.2 Å². The number of carbonyl (C=O) groups excluding carboxylic acids is 1. The Morgan fingerprint density at radius 2 is 2.06 bits per heavy atom. The van der Waals surface area contributed by atoms with E-state index in [0.717, 1.165) is 0 Å². The zero-order valence-corrected chi connectivity index (χ0v) is 11.0. The number of benzene rings is 1. The molecule has 0 aliphatic heterocycles. The van der Waals surface area contributed by atoms with Crippen molar-refractivity contribution in [1.82, 2.24) is 4.90 Å². The summed E-state index contributed by atoms with van der Waals surface area (Å²) < 4.78 is 5.89. The lowest BCUT2D eigenvalue weighted by atomic mass is 10.2. The van der Waals surface area contributed by atoms with E-state index in [0.29, 0.717) is 4.47 Å². The second-order valence-electron chi connectivity index (χ2n) is 3.52. The summed E-state index contributed by atoms with van der Waals surface area (Å²) in [4.78, 5) is 23.6. The van der Waals surface area contributed by atoms with E-state index in [9.17, 15) is 9.59 Å². The van der Waals surface area contributed by atoms with Gasteiger partial charge < -0.3 is 14.7 Å². The second kappa shape index (κ2) is 5.67. The highest BCUT2D eigenvalue weighted by atomic mass is 79.9. The lowest BCUT2D eigenvalue weighted by Crippen LogP contribution is -2.27. The molecule has 1 amide bonds. The van der Waals surface area contributed by atoms with Gasteiger partial charge in [-0.2, -0.15) is 0 Å². The highest BCUT2D eigenvalue weighted by Gasteiger charge is 2.13. The minimum absolute atomic E-state index is 0.0276. The first-order valence-corrected chi connectivity index (χ1v) is 5.57. The van der Waals surface area contributed by atoms with Gasteiger partial charge in [-0.3, -0.25) is 4.79 Å². The maximum absolute atomic E-state index is 11.3. The van der Waals surface area contributed by atoms with Crippen LogP contribution in [0.3, 0.4) is 0 Å². The molecule has 0 heterocycles. The Labute approximate surface area is 107 Å². The van der Waals surface area contributed by atoms with Gasteiger partial charge in [-0.1, -0.05) is 15.9 Å². The molecule has 0 bridgehead atoms. The molecular formula is C11H12BrNO4. The number of hydrogen-bond acceptors (Lipinski definition) is 3. The molecule has 1 N–H and O–H groups in total. The molecule has 0 spiro atoms. The summed E-state index contributed by atoms with van der Waals surface area (Å²) in [5, 5.41) is 8.94. The average Bonchev–Trinajstić information content (AvgIpc) is 2.25. The minimum atomic E-state index is -1.09. The van der Waals surface area contributed by atoms with Crippen LogP contribution >= 0.6 is 15.9 Å². The normalized spacial score (nSPS) is 9.82. The van der Waals surface area contributed by atoms with E-state index in [-0.39, 0.29) is 23.8 Å². The van der Waals surface area contributed by atoms with Crippen LogP contribution in [0.5, 0.6) is 5.75 Å². The molecule has 6 heteroatoms. The summed E-state index contributed by atoms with van der Waals surface area (Å²) >= 11 is 3.21. The van der Waals surface area contributed by atoms with Gasteiger partial charge in [0.15, 0.2) is 6.61 Å². The van der Waals surface area contributed by atoms with E-state index < -0.39 is 5.97 Å². The van der Waals surface area contributed by atoms with E-state index >= 15 is 0 Å². The zero-order chi connectivity index (χ0) is 13.0. The number of ether oxygens (including phenoxy) is 1. The fourth-order valence-electron chi connectivity index (χ4n) is 1.06. The van der Waals surface area contributed by atoms with Crippen LogP contribution in [0.1, 0.15) is 10.4 Å². The van der Waals surface area contributed by atoms with Gasteiger partial charge >= 0.3 is 5.97 Å². The van der Waals surface area contributed by atoms with Crippen molar-refractivity contribution in [3.63, 3.8) is 0 Å². The Kier molecular flexibility index (Phi) is 4.51. The van der Waals surface area contributed by atoms with Gasteiger partial charge in [-0.05, 0) is 18.2 Å². The predicted octanol–water partition coefficient (Wildman–Crippen LogP) is 1.61. The number of amides is 1. The van der Waals surface area contributed by atoms with Crippen LogP contribution in [0.25, 0.3) is 0 Å². The number of hydrogen-bond donors (Lipinski definition) is 1. The van der Waals surface area contributed by atoms with Crippen molar-refractivity contribution in [2.75, 3.05) is 20.7 Å². The smallest absolute Gasteiger partial charge is 0.339 e. The fourth-order valence-corrected chi connectivity index (χ4v) is 1.40. The van der Waals surface area contributed by atoms with E-state index in [4.69, 9.17) is 9.84 Å². The van der Waals surface area contributed by atoms with Gasteiger partial charge in [0, 0.05) is 18.6 Å². The molecule has 0 saturated carbocycles. The first-order valence-electron chi connectivity index (χ1n) is 4.77. The standard InChI is InChI=1S/C11H12BrNO4/c1-13(2)10(14)6-17-9-5-7(12)3-4-8(9)11(15)16/h3-5H,6H2,1-2H3,(H,15,16). The Hall–Kier alpha value is -1.56. The molecular weight excluding hydrogens is 290 g/mol. The lowest BCUT2D eigenvalue weighted by Gasteiger charge is -2.12. The molecule has 0 aliphatic rings. The van der Waals surface area contributed by atoms with Crippen molar-refractivity contribution in [1.29, 1.82) is 0 Å². The van der Waals surface area contributed by atoms with Crippen LogP contribution in [-0.4, -0.2) is 42.6 Å². The third kappa shape index (κ3) is 3.74. The van der Waals surface area contributed by atoms with Crippen LogP contribution < -0.4 is 4.74 Å². The van der Waals surface area contributed by atoms with Crippen LogP contribution in [0.2, 0.25) is 0 Å². The quantitative estimate of drug-likeness (QED) is 0.917. The number of carbonyl (C=O) groups is 2. The molecule has 0 radical (unpaired) electrons. The monoisotopic (exact) mass is 301 g/mol. The number of halogens is 1. The molecule has 1 aromatic rings. The van der Waals surface area contributed by atoms with Crippen LogP contribution in [0, 0.1) is 0 Å². The summed E-state index contributed by atoms with van der Waals surface area (Å²) in [6.45, 7) is -0.191. The highest BCUT2D eigenvalue weighted by Crippen LogP contribution is 2.23. The molecule has 92 valence electrons. The Bertz CT molecular complexity index is 445. The summed E-state index contributed by atoms with van der Waals surface area (Å²) in [7, 11) is 3.20. The minimum Gasteiger partial charge on any atom is -0.483 e. The highest BCUT2D eigenvalue weighted by molar-refractivity contribution is 9.10.